The van der Waals surface area contributed by atoms with Crippen LogP contribution < -0.4 is 5.32 Å². The van der Waals surface area contributed by atoms with Gasteiger partial charge in [-0.3, -0.25) is 0 Å². The van der Waals surface area contributed by atoms with E-state index in [1.165, 1.54) is 5.56 Å². The molecule has 4 aromatic rings. The van der Waals surface area contributed by atoms with Crippen molar-refractivity contribution in [3.8, 4) is 22.8 Å². The fourth-order valence-electron chi connectivity index (χ4n) is 2.76. The van der Waals surface area contributed by atoms with Crippen LogP contribution in [0.4, 0.5) is 5.82 Å². The molecule has 2 heterocycles. The van der Waals surface area contributed by atoms with Gasteiger partial charge in [0, 0.05) is 17.8 Å². The van der Waals surface area contributed by atoms with E-state index in [1.807, 2.05) is 60.7 Å². The maximum atomic E-state index is 5.49. The van der Waals surface area contributed by atoms with Gasteiger partial charge in [-0.2, -0.15) is 4.98 Å². The highest BCUT2D eigenvalue weighted by atomic mass is 16.5. The van der Waals surface area contributed by atoms with Crippen molar-refractivity contribution in [2.75, 3.05) is 5.32 Å². The van der Waals surface area contributed by atoms with Crippen LogP contribution in [0.3, 0.4) is 0 Å². The second-order valence-corrected chi connectivity index (χ2v) is 5.97. The molecule has 5 nitrogen and oxygen atoms in total. The topological polar surface area (TPSA) is 63.8 Å². The second-order valence-electron chi connectivity index (χ2n) is 5.97. The molecular weight excluding hydrogens is 324 g/mol. The number of nitrogens with one attached hydrogen (secondary N) is 1. The highest BCUT2D eigenvalue weighted by Crippen LogP contribution is 2.29. The van der Waals surface area contributed by atoms with E-state index >= 15 is 0 Å². The molecular formula is C21H18N4O. The number of anilines is 1. The fourth-order valence-corrected chi connectivity index (χ4v) is 2.76. The number of hydrogen-bond acceptors (Lipinski definition) is 5. The molecule has 1 N–H and O–H groups in total. The summed E-state index contributed by atoms with van der Waals surface area (Å²) in [5, 5.41) is 7.53. The molecule has 0 fully saturated rings. The maximum absolute atomic E-state index is 5.49. The Labute approximate surface area is 151 Å². The molecule has 26 heavy (non-hydrogen) atoms. The van der Waals surface area contributed by atoms with Crippen LogP contribution in [0.15, 0.2) is 83.5 Å². The molecule has 0 aliphatic carbocycles. The lowest BCUT2D eigenvalue weighted by Crippen LogP contribution is -2.08. The molecule has 2 aromatic carbocycles. The minimum atomic E-state index is 0.0985. The summed E-state index contributed by atoms with van der Waals surface area (Å²) in [6, 6.07) is 23.9. The first kappa shape index (κ1) is 16.0. The number of nitrogens with zero attached hydrogens (tertiary/aromatic N) is 3. The Morgan fingerprint density at radius 2 is 1.62 bits per heavy atom. The molecule has 0 spiro atoms. The zero-order valence-corrected chi connectivity index (χ0v) is 14.3. The average Bonchev–Trinajstić information content (AvgIpc) is 3.20. The number of benzene rings is 2. The van der Waals surface area contributed by atoms with E-state index in [-0.39, 0.29) is 6.04 Å². The lowest BCUT2D eigenvalue weighted by molar-refractivity contribution is 0.432. The fraction of sp³-hybridized carbons (Fsp3) is 0.0952. The zero-order chi connectivity index (χ0) is 17.8. The van der Waals surface area contributed by atoms with E-state index in [0.717, 1.165) is 11.1 Å². The molecule has 0 aliphatic heterocycles. The predicted octanol–water partition coefficient (Wildman–Crippen LogP) is 4.97. The lowest BCUT2D eigenvalue weighted by atomic mass is 10.1. The Morgan fingerprint density at radius 1 is 0.885 bits per heavy atom. The summed E-state index contributed by atoms with van der Waals surface area (Å²) in [5.74, 6) is 1.72. The van der Waals surface area contributed by atoms with Crippen molar-refractivity contribution in [2.24, 2.45) is 0 Å². The van der Waals surface area contributed by atoms with E-state index in [0.29, 0.717) is 17.5 Å². The number of aromatic nitrogens is 3. The van der Waals surface area contributed by atoms with Gasteiger partial charge in [-0.05, 0) is 24.6 Å². The maximum Gasteiger partial charge on any atom is 0.261 e. The first-order chi connectivity index (χ1) is 12.8. The van der Waals surface area contributed by atoms with Crippen molar-refractivity contribution >= 4 is 5.82 Å². The third-order valence-corrected chi connectivity index (χ3v) is 4.15. The molecule has 0 aliphatic rings. The van der Waals surface area contributed by atoms with Gasteiger partial charge < -0.3 is 9.84 Å². The molecule has 0 amide bonds. The van der Waals surface area contributed by atoms with Gasteiger partial charge in [0.2, 0.25) is 5.82 Å². The van der Waals surface area contributed by atoms with E-state index in [9.17, 15) is 0 Å². The summed E-state index contributed by atoms with van der Waals surface area (Å²) >= 11 is 0. The first-order valence-corrected chi connectivity index (χ1v) is 8.47. The SMILES string of the molecule is C[C@@H](Nc1ncccc1-c1nc(-c2ccccc2)no1)c1ccccc1. The van der Waals surface area contributed by atoms with E-state index in [4.69, 9.17) is 4.52 Å². The van der Waals surface area contributed by atoms with Gasteiger partial charge in [-0.1, -0.05) is 65.8 Å². The van der Waals surface area contributed by atoms with Crippen LogP contribution in [-0.4, -0.2) is 15.1 Å². The van der Waals surface area contributed by atoms with Gasteiger partial charge in [0.25, 0.3) is 5.89 Å². The van der Waals surface area contributed by atoms with Crippen LogP contribution in [-0.2, 0) is 0 Å². The Hall–Kier alpha value is -3.47. The lowest BCUT2D eigenvalue weighted by Gasteiger charge is -2.16. The molecule has 0 radical (unpaired) electrons. The molecule has 128 valence electrons. The van der Waals surface area contributed by atoms with Gasteiger partial charge in [0.15, 0.2) is 0 Å². The smallest absolute Gasteiger partial charge is 0.261 e. The third-order valence-electron chi connectivity index (χ3n) is 4.15. The molecule has 0 saturated carbocycles. The largest absolute Gasteiger partial charge is 0.363 e. The highest BCUT2D eigenvalue weighted by molar-refractivity contribution is 5.70. The number of pyridine rings is 1. The molecule has 2 aromatic heterocycles. The quantitative estimate of drug-likeness (QED) is 0.554. The van der Waals surface area contributed by atoms with Gasteiger partial charge in [0.1, 0.15) is 5.82 Å². The molecule has 0 unspecified atom stereocenters. The average molecular weight is 342 g/mol. The second kappa shape index (κ2) is 7.19. The van der Waals surface area contributed by atoms with Crippen LogP contribution in [0.1, 0.15) is 18.5 Å². The Morgan fingerprint density at radius 3 is 2.38 bits per heavy atom. The van der Waals surface area contributed by atoms with Gasteiger partial charge >= 0.3 is 0 Å². The van der Waals surface area contributed by atoms with Crippen LogP contribution in [0.2, 0.25) is 0 Å². The van der Waals surface area contributed by atoms with Gasteiger partial charge in [-0.15, -0.1) is 0 Å². The summed E-state index contributed by atoms with van der Waals surface area (Å²) in [5.41, 5.74) is 2.88. The van der Waals surface area contributed by atoms with Crippen molar-refractivity contribution in [3.05, 3.63) is 84.6 Å². The van der Waals surface area contributed by atoms with Crippen LogP contribution >= 0.6 is 0 Å². The summed E-state index contributed by atoms with van der Waals surface area (Å²) in [7, 11) is 0. The minimum absolute atomic E-state index is 0.0985. The first-order valence-electron chi connectivity index (χ1n) is 8.47. The highest BCUT2D eigenvalue weighted by Gasteiger charge is 2.16. The van der Waals surface area contributed by atoms with Crippen molar-refractivity contribution in [1.82, 2.24) is 15.1 Å². The monoisotopic (exact) mass is 342 g/mol. The Bertz CT molecular complexity index is 983. The minimum Gasteiger partial charge on any atom is -0.363 e. The van der Waals surface area contributed by atoms with Gasteiger partial charge in [-0.25, -0.2) is 4.98 Å². The molecule has 0 saturated heterocycles. The normalized spacial score (nSPS) is 11.9. The predicted molar refractivity (Wildman–Crippen MR) is 101 cm³/mol. The zero-order valence-electron chi connectivity index (χ0n) is 14.3. The van der Waals surface area contributed by atoms with Crippen molar-refractivity contribution < 1.29 is 4.52 Å². The van der Waals surface area contributed by atoms with Crippen molar-refractivity contribution in [3.63, 3.8) is 0 Å². The van der Waals surface area contributed by atoms with Crippen LogP contribution in [0, 0.1) is 0 Å². The van der Waals surface area contributed by atoms with E-state index in [2.05, 4.69) is 39.5 Å². The van der Waals surface area contributed by atoms with Crippen molar-refractivity contribution in [2.45, 2.75) is 13.0 Å². The van der Waals surface area contributed by atoms with E-state index in [1.54, 1.807) is 6.20 Å². The van der Waals surface area contributed by atoms with Gasteiger partial charge in [0.05, 0.1) is 5.56 Å². The third kappa shape index (κ3) is 3.32. The van der Waals surface area contributed by atoms with E-state index < -0.39 is 0 Å². The van der Waals surface area contributed by atoms with Crippen LogP contribution in [0.25, 0.3) is 22.8 Å². The molecule has 4 rings (SSSR count). The Kier molecular flexibility index (Phi) is 4.43. The summed E-state index contributed by atoms with van der Waals surface area (Å²) in [6.07, 6.45) is 1.75. The van der Waals surface area contributed by atoms with Crippen LogP contribution in [0.5, 0.6) is 0 Å². The summed E-state index contributed by atoms with van der Waals surface area (Å²) < 4.78 is 5.49. The Balaban J connectivity index is 1.63. The molecule has 0 bridgehead atoms. The molecule has 1 atom stereocenters. The number of hydrogen-bond donors (Lipinski definition) is 1. The number of rotatable bonds is 5. The summed E-state index contributed by atoms with van der Waals surface area (Å²) in [6.45, 7) is 2.09. The van der Waals surface area contributed by atoms with Crippen molar-refractivity contribution in [1.29, 1.82) is 0 Å². The standard InChI is InChI=1S/C21H18N4O/c1-15(16-9-4-2-5-10-16)23-20-18(13-8-14-22-20)21-24-19(25-26-21)17-11-6-3-7-12-17/h2-15H,1H3,(H,22,23)/t15-/m1/s1. The summed E-state index contributed by atoms with van der Waals surface area (Å²) in [4.78, 5) is 9.00. The molecule has 5 heteroatoms.